The number of halogens is 1. The molecule has 1 saturated heterocycles. The zero-order valence-corrected chi connectivity index (χ0v) is 19.4. The molecule has 5 nitrogen and oxygen atoms in total. The molecule has 0 spiro atoms. The predicted octanol–water partition coefficient (Wildman–Crippen LogP) is 3.80. The second-order valence-corrected chi connectivity index (χ2v) is 7.64. The van der Waals surface area contributed by atoms with Crippen LogP contribution in [0.1, 0.15) is 44.1 Å². The number of nitrogens with one attached hydrogen (secondary N) is 2. The van der Waals surface area contributed by atoms with Gasteiger partial charge in [0.25, 0.3) is 0 Å². The summed E-state index contributed by atoms with van der Waals surface area (Å²) in [6.45, 7) is 8.26. The van der Waals surface area contributed by atoms with Crippen LogP contribution >= 0.6 is 24.0 Å². The molecule has 2 atom stereocenters. The number of aliphatic imine (C=N–C) groups is 1. The Kier molecular flexibility index (Phi) is 11.2. The fraction of sp³-hybridized carbons (Fsp3) is 0.682. The Morgan fingerprint density at radius 1 is 1.18 bits per heavy atom. The Morgan fingerprint density at radius 3 is 2.71 bits per heavy atom. The van der Waals surface area contributed by atoms with E-state index in [0.717, 1.165) is 71.3 Å². The van der Waals surface area contributed by atoms with Crippen LogP contribution in [0.15, 0.2) is 35.3 Å². The average Bonchev–Trinajstić information content (AvgIpc) is 3.50. The first-order valence-corrected chi connectivity index (χ1v) is 10.6. The zero-order chi connectivity index (χ0) is 18.7. The molecule has 6 heteroatoms. The lowest BCUT2D eigenvalue weighted by Gasteiger charge is -2.21. The van der Waals surface area contributed by atoms with Crippen LogP contribution in [0, 0.1) is 11.8 Å². The highest BCUT2D eigenvalue weighted by Gasteiger charge is 2.37. The minimum Gasteiger partial charge on any atom is -0.381 e. The second kappa shape index (κ2) is 13.4. The van der Waals surface area contributed by atoms with Crippen molar-refractivity contribution in [1.29, 1.82) is 0 Å². The quantitative estimate of drug-likeness (QED) is 0.222. The molecule has 2 aliphatic rings. The zero-order valence-electron chi connectivity index (χ0n) is 17.1. The Balaban J connectivity index is 0.00000280. The summed E-state index contributed by atoms with van der Waals surface area (Å²) in [5, 5.41) is 6.78. The van der Waals surface area contributed by atoms with Gasteiger partial charge in [-0.1, -0.05) is 30.3 Å². The van der Waals surface area contributed by atoms with E-state index in [9.17, 15) is 0 Å². The van der Waals surface area contributed by atoms with Crippen molar-refractivity contribution in [3.05, 3.63) is 35.9 Å². The first-order valence-electron chi connectivity index (χ1n) is 10.6. The fourth-order valence-corrected chi connectivity index (χ4v) is 3.65. The minimum atomic E-state index is 0. The molecular formula is C22H36IN3O2. The van der Waals surface area contributed by atoms with E-state index in [1.807, 2.05) is 0 Å². The summed E-state index contributed by atoms with van der Waals surface area (Å²) in [7, 11) is 0. The number of guanidine groups is 1. The summed E-state index contributed by atoms with van der Waals surface area (Å²) in [6, 6.07) is 10.8. The van der Waals surface area contributed by atoms with Gasteiger partial charge in [-0.05, 0) is 55.9 Å². The van der Waals surface area contributed by atoms with Gasteiger partial charge < -0.3 is 20.1 Å². The molecule has 1 aromatic rings. The summed E-state index contributed by atoms with van der Waals surface area (Å²) in [6.07, 6.45) is 4.54. The van der Waals surface area contributed by atoms with E-state index < -0.39 is 0 Å². The Labute approximate surface area is 187 Å². The van der Waals surface area contributed by atoms with E-state index in [1.54, 1.807) is 0 Å². The molecule has 158 valence electrons. The number of hydrogen-bond donors (Lipinski definition) is 2. The van der Waals surface area contributed by atoms with Crippen molar-refractivity contribution in [1.82, 2.24) is 10.6 Å². The molecule has 1 heterocycles. The molecule has 2 N–H and O–H groups in total. The molecule has 28 heavy (non-hydrogen) atoms. The summed E-state index contributed by atoms with van der Waals surface area (Å²) in [5.41, 5.74) is 1.46. The molecule has 0 radical (unpaired) electrons. The largest absolute Gasteiger partial charge is 0.381 e. The van der Waals surface area contributed by atoms with Crippen molar-refractivity contribution in [2.45, 2.75) is 38.5 Å². The summed E-state index contributed by atoms with van der Waals surface area (Å²) in [4.78, 5) is 4.78. The van der Waals surface area contributed by atoms with Crippen LogP contribution in [0.25, 0.3) is 0 Å². The van der Waals surface area contributed by atoms with Gasteiger partial charge in [-0.3, -0.25) is 4.99 Å². The van der Waals surface area contributed by atoms with Crippen molar-refractivity contribution in [3.8, 4) is 0 Å². The van der Waals surface area contributed by atoms with Crippen LogP contribution in [0.5, 0.6) is 0 Å². The molecule has 1 aromatic carbocycles. The molecule has 0 amide bonds. The maximum Gasteiger partial charge on any atom is 0.191 e. The molecule has 2 fully saturated rings. The van der Waals surface area contributed by atoms with Gasteiger partial charge in [0.1, 0.15) is 0 Å². The predicted molar refractivity (Wildman–Crippen MR) is 126 cm³/mol. The lowest BCUT2D eigenvalue weighted by atomic mass is 10.0. The monoisotopic (exact) mass is 501 g/mol. The van der Waals surface area contributed by atoms with E-state index in [4.69, 9.17) is 14.5 Å². The van der Waals surface area contributed by atoms with Gasteiger partial charge in [-0.2, -0.15) is 0 Å². The first-order chi connectivity index (χ1) is 13.4. The van der Waals surface area contributed by atoms with E-state index >= 15 is 0 Å². The molecule has 1 aliphatic carbocycles. The topological polar surface area (TPSA) is 54.9 Å². The fourth-order valence-electron chi connectivity index (χ4n) is 3.65. The SMILES string of the molecule is CCNC(=NCC1CC1c1ccccc1)NCCCOCC1CCOCC1.I. The van der Waals surface area contributed by atoms with Gasteiger partial charge >= 0.3 is 0 Å². The number of hydrogen-bond acceptors (Lipinski definition) is 3. The third kappa shape index (κ3) is 8.25. The van der Waals surface area contributed by atoms with Crippen molar-refractivity contribution < 1.29 is 9.47 Å². The van der Waals surface area contributed by atoms with Crippen molar-refractivity contribution in [2.75, 3.05) is 46.1 Å². The van der Waals surface area contributed by atoms with Crippen LogP contribution in [0.2, 0.25) is 0 Å². The lowest BCUT2D eigenvalue weighted by molar-refractivity contribution is 0.0203. The van der Waals surface area contributed by atoms with Gasteiger partial charge in [-0.15, -0.1) is 24.0 Å². The van der Waals surface area contributed by atoms with E-state index in [1.165, 1.54) is 12.0 Å². The lowest BCUT2D eigenvalue weighted by Crippen LogP contribution is -2.38. The molecule has 3 rings (SSSR count). The van der Waals surface area contributed by atoms with Gasteiger partial charge in [0.15, 0.2) is 5.96 Å². The number of benzene rings is 1. The third-order valence-corrected chi connectivity index (χ3v) is 5.43. The van der Waals surface area contributed by atoms with Gasteiger partial charge in [0.05, 0.1) is 0 Å². The molecule has 1 saturated carbocycles. The van der Waals surface area contributed by atoms with E-state index in [-0.39, 0.29) is 24.0 Å². The van der Waals surface area contributed by atoms with Gasteiger partial charge in [-0.25, -0.2) is 0 Å². The molecule has 2 unspecified atom stereocenters. The Morgan fingerprint density at radius 2 is 1.96 bits per heavy atom. The highest BCUT2D eigenvalue weighted by Crippen LogP contribution is 2.47. The van der Waals surface area contributed by atoms with Crippen LogP contribution in [-0.2, 0) is 9.47 Å². The summed E-state index contributed by atoms with van der Waals surface area (Å²) < 4.78 is 11.2. The number of rotatable bonds is 10. The average molecular weight is 501 g/mol. The van der Waals surface area contributed by atoms with Gasteiger partial charge in [0, 0.05) is 46.1 Å². The van der Waals surface area contributed by atoms with Crippen LogP contribution in [0.3, 0.4) is 0 Å². The van der Waals surface area contributed by atoms with Gasteiger partial charge in [0.2, 0.25) is 0 Å². The third-order valence-electron chi connectivity index (χ3n) is 5.43. The van der Waals surface area contributed by atoms with Crippen LogP contribution < -0.4 is 10.6 Å². The van der Waals surface area contributed by atoms with Crippen molar-refractivity contribution in [3.63, 3.8) is 0 Å². The minimum absolute atomic E-state index is 0. The van der Waals surface area contributed by atoms with E-state index in [2.05, 4.69) is 47.9 Å². The molecule has 1 aliphatic heterocycles. The maximum absolute atomic E-state index is 5.83. The maximum atomic E-state index is 5.83. The van der Waals surface area contributed by atoms with Crippen LogP contribution in [-0.4, -0.2) is 52.0 Å². The second-order valence-electron chi connectivity index (χ2n) is 7.64. The number of ether oxygens (including phenoxy) is 2. The molecule has 0 aromatic heterocycles. The Hall–Kier alpha value is -0.860. The summed E-state index contributed by atoms with van der Waals surface area (Å²) >= 11 is 0. The summed E-state index contributed by atoms with van der Waals surface area (Å²) in [5.74, 6) is 2.99. The highest BCUT2D eigenvalue weighted by atomic mass is 127. The highest BCUT2D eigenvalue weighted by molar-refractivity contribution is 14.0. The van der Waals surface area contributed by atoms with Crippen LogP contribution in [0.4, 0.5) is 0 Å². The number of nitrogens with zero attached hydrogens (tertiary/aromatic N) is 1. The van der Waals surface area contributed by atoms with E-state index in [0.29, 0.717) is 17.8 Å². The Bertz CT molecular complexity index is 564. The molecule has 0 bridgehead atoms. The normalized spacial score (nSPS) is 22.4. The first kappa shape index (κ1) is 23.4. The smallest absolute Gasteiger partial charge is 0.191 e. The molecular weight excluding hydrogens is 465 g/mol. The van der Waals surface area contributed by atoms with Crippen molar-refractivity contribution in [2.24, 2.45) is 16.8 Å². The van der Waals surface area contributed by atoms with Crippen molar-refractivity contribution >= 4 is 29.9 Å². The standard InChI is InChI=1S/C22H35N3O2.HI/c1-2-23-22(24-11-6-12-27-17-18-9-13-26-14-10-18)25-16-20-15-21(20)19-7-4-3-5-8-19;/h3-5,7-8,18,20-21H,2,6,9-17H2,1H3,(H2,23,24,25);1H.